The third kappa shape index (κ3) is 4.57. The topological polar surface area (TPSA) is 62.5 Å². The number of fused-ring (bicyclic) bond motifs is 3. The lowest BCUT2D eigenvalue weighted by atomic mass is 9.88. The molecular weight excluding hydrogens is 585 g/mol. The molecule has 0 fully saturated rings. The minimum Gasteiger partial charge on any atom is -0.208 e. The summed E-state index contributed by atoms with van der Waals surface area (Å²) in [4.78, 5) is 14.7. The van der Waals surface area contributed by atoms with Gasteiger partial charge >= 0.3 is 0 Å². The highest BCUT2D eigenvalue weighted by Gasteiger charge is 2.25. The van der Waals surface area contributed by atoms with E-state index in [1.54, 1.807) is 0 Å². The molecule has 1 aliphatic rings. The first-order chi connectivity index (χ1) is 23.7. The summed E-state index contributed by atoms with van der Waals surface area (Å²) in [6.07, 6.45) is 0. The van der Waals surface area contributed by atoms with Crippen molar-refractivity contribution < 1.29 is 0 Å². The van der Waals surface area contributed by atoms with Gasteiger partial charge in [0.05, 0.1) is 11.6 Å². The molecule has 0 aliphatic heterocycles. The summed E-state index contributed by atoms with van der Waals surface area (Å²) >= 11 is 0. The normalized spacial score (nSPS) is 11.3. The minimum atomic E-state index is 0.628. The van der Waals surface area contributed by atoms with Gasteiger partial charge in [0.15, 0.2) is 17.5 Å². The third-order valence-electron chi connectivity index (χ3n) is 9.15. The van der Waals surface area contributed by atoms with Crippen LogP contribution in [0.1, 0.15) is 5.56 Å². The molecule has 0 amide bonds. The molecule has 1 heterocycles. The van der Waals surface area contributed by atoms with Crippen LogP contribution in [-0.2, 0) is 0 Å². The predicted octanol–water partition coefficient (Wildman–Crippen LogP) is 10.9. The van der Waals surface area contributed by atoms with Crippen LogP contribution >= 0.6 is 0 Å². The Morgan fingerprint density at radius 3 is 1.12 bits per heavy atom. The van der Waals surface area contributed by atoms with Crippen LogP contribution in [-0.4, -0.2) is 15.0 Å². The lowest BCUT2D eigenvalue weighted by Gasteiger charge is -2.15. The fourth-order valence-corrected chi connectivity index (χ4v) is 6.84. The Labute approximate surface area is 278 Å². The van der Waals surface area contributed by atoms with E-state index in [9.17, 15) is 5.26 Å². The predicted molar refractivity (Wildman–Crippen MR) is 194 cm³/mol. The van der Waals surface area contributed by atoms with Crippen molar-refractivity contribution in [2.75, 3.05) is 0 Å². The molecule has 7 aromatic carbocycles. The van der Waals surface area contributed by atoms with Crippen molar-refractivity contribution in [1.82, 2.24) is 15.0 Å². The zero-order chi connectivity index (χ0) is 32.0. The molecule has 0 spiro atoms. The molecule has 4 nitrogen and oxygen atoms in total. The SMILES string of the molecule is N#Cc1ccc(-c2ccc3c4c(ccc(-c5ccc(-c6nc(-c7ccccc7)nc(-c7ccccc7)n6)cc5)c24)-c2ccccc2-3)cc1. The number of nitriles is 1. The van der Waals surface area contributed by atoms with Crippen LogP contribution in [0.15, 0.2) is 158 Å². The van der Waals surface area contributed by atoms with Crippen molar-refractivity contribution in [3.05, 3.63) is 163 Å². The maximum Gasteiger partial charge on any atom is 0.164 e. The quantitative estimate of drug-likeness (QED) is 0.194. The van der Waals surface area contributed by atoms with Gasteiger partial charge in [0.2, 0.25) is 0 Å². The highest BCUT2D eigenvalue weighted by atomic mass is 15.0. The van der Waals surface area contributed by atoms with Crippen LogP contribution in [0.3, 0.4) is 0 Å². The van der Waals surface area contributed by atoms with Crippen LogP contribution in [0.2, 0.25) is 0 Å². The maximum atomic E-state index is 9.43. The second kappa shape index (κ2) is 11.3. The lowest BCUT2D eigenvalue weighted by molar-refractivity contribution is 1.07. The standard InChI is InChI=1S/C44H26N4/c45-27-28-15-17-29(18-16-28)34-23-25-38-36-13-7-8-14-37(36)39-26-24-35(40(34)41(38)39)30-19-21-33(22-20-30)44-47-42(31-9-3-1-4-10-31)46-43(48-44)32-11-5-2-6-12-32/h1-26H. The summed E-state index contributed by atoms with van der Waals surface area (Å²) < 4.78 is 0. The second-order valence-electron chi connectivity index (χ2n) is 11.9. The first kappa shape index (κ1) is 27.6. The fraction of sp³-hybridized carbons (Fsp3) is 0. The summed E-state index contributed by atoms with van der Waals surface area (Å²) in [5.74, 6) is 1.91. The van der Waals surface area contributed by atoms with Crippen molar-refractivity contribution >= 4 is 10.8 Å². The molecule has 9 rings (SSSR count). The van der Waals surface area contributed by atoms with Gasteiger partial charge in [0, 0.05) is 16.7 Å². The molecule has 1 aromatic heterocycles. The molecule has 48 heavy (non-hydrogen) atoms. The van der Waals surface area contributed by atoms with E-state index in [2.05, 4.69) is 78.9 Å². The van der Waals surface area contributed by atoms with Gasteiger partial charge in [-0.25, -0.2) is 15.0 Å². The Hall–Kier alpha value is -6.70. The van der Waals surface area contributed by atoms with E-state index in [0.29, 0.717) is 23.0 Å². The van der Waals surface area contributed by atoms with E-state index < -0.39 is 0 Å². The second-order valence-corrected chi connectivity index (χ2v) is 11.9. The maximum absolute atomic E-state index is 9.43. The Bertz CT molecular complexity index is 2440. The van der Waals surface area contributed by atoms with E-state index >= 15 is 0 Å². The molecule has 1 aliphatic carbocycles. The largest absolute Gasteiger partial charge is 0.208 e. The summed E-state index contributed by atoms with van der Waals surface area (Å²) in [5, 5.41) is 11.9. The summed E-state index contributed by atoms with van der Waals surface area (Å²) in [6.45, 7) is 0. The average Bonchev–Trinajstić information content (AvgIpc) is 3.50. The molecule has 0 N–H and O–H groups in total. The van der Waals surface area contributed by atoms with Crippen molar-refractivity contribution in [3.63, 3.8) is 0 Å². The number of nitrogens with zero attached hydrogens (tertiary/aromatic N) is 4. The molecule has 0 atom stereocenters. The van der Waals surface area contributed by atoms with Crippen molar-refractivity contribution in [1.29, 1.82) is 5.26 Å². The van der Waals surface area contributed by atoms with E-state index in [1.807, 2.05) is 84.9 Å². The number of benzene rings is 7. The van der Waals surface area contributed by atoms with Gasteiger partial charge in [-0.05, 0) is 67.4 Å². The fourth-order valence-electron chi connectivity index (χ4n) is 6.84. The van der Waals surface area contributed by atoms with Crippen LogP contribution in [0.5, 0.6) is 0 Å². The lowest BCUT2D eigenvalue weighted by Crippen LogP contribution is -2.00. The first-order valence-electron chi connectivity index (χ1n) is 15.9. The Morgan fingerprint density at radius 1 is 0.312 bits per heavy atom. The molecule has 0 saturated carbocycles. The van der Waals surface area contributed by atoms with Crippen molar-refractivity contribution in [2.45, 2.75) is 0 Å². The van der Waals surface area contributed by atoms with Crippen LogP contribution < -0.4 is 0 Å². The van der Waals surface area contributed by atoms with Gasteiger partial charge in [-0.1, -0.05) is 146 Å². The highest BCUT2D eigenvalue weighted by Crippen LogP contribution is 2.51. The molecular formula is C44H26N4. The van der Waals surface area contributed by atoms with Gasteiger partial charge in [0.1, 0.15) is 0 Å². The Balaban J connectivity index is 1.20. The van der Waals surface area contributed by atoms with Gasteiger partial charge in [0.25, 0.3) is 0 Å². The zero-order valence-electron chi connectivity index (χ0n) is 25.8. The van der Waals surface area contributed by atoms with E-state index in [1.165, 1.54) is 33.0 Å². The zero-order valence-corrected chi connectivity index (χ0v) is 25.8. The summed E-state index contributed by atoms with van der Waals surface area (Å²) in [6, 6.07) is 56.4. The van der Waals surface area contributed by atoms with E-state index in [4.69, 9.17) is 15.0 Å². The number of aromatic nitrogens is 3. The Morgan fingerprint density at radius 2 is 0.667 bits per heavy atom. The summed E-state index contributed by atoms with van der Waals surface area (Å²) in [7, 11) is 0. The molecule has 8 aromatic rings. The smallest absolute Gasteiger partial charge is 0.164 e. The summed E-state index contributed by atoms with van der Waals surface area (Å²) in [5.41, 5.74) is 13.0. The highest BCUT2D eigenvalue weighted by molar-refractivity contribution is 6.22. The molecule has 0 saturated heterocycles. The van der Waals surface area contributed by atoms with Gasteiger partial charge in [-0.3, -0.25) is 0 Å². The molecule has 0 radical (unpaired) electrons. The Kier molecular flexibility index (Phi) is 6.48. The van der Waals surface area contributed by atoms with Gasteiger partial charge < -0.3 is 0 Å². The van der Waals surface area contributed by atoms with Gasteiger partial charge in [-0.15, -0.1) is 0 Å². The number of hydrogen-bond acceptors (Lipinski definition) is 4. The average molecular weight is 611 g/mol. The monoisotopic (exact) mass is 610 g/mol. The van der Waals surface area contributed by atoms with Gasteiger partial charge in [-0.2, -0.15) is 5.26 Å². The molecule has 0 unspecified atom stereocenters. The van der Waals surface area contributed by atoms with Crippen molar-refractivity contribution in [2.24, 2.45) is 0 Å². The molecule has 222 valence electrons. The van der Waals surface area contributed by atoms with Crippen LogP contribution in [0.25, 0.3) is 89.4 Å². The first-order valence-corrected chi connectivity index (χ1v) is 15.9. The molecule has 0 bridgehead atoms. The van der Waals surface area contributed by atoms with Crippen molar-refractivity contribution in [3.8, 4) is 84.7 Å². The number of rotatable bonds is 5. The third-order valence-corrected chi connectivity index (χ3v) is 9.15. The van der Waals surface area contributed by atoms with Crippen LogP contribution in [0, 0.1) is 11.3 Å². The molecule has 4 heteroatoms. The van der Waals surface area contributed by atoms with E-state index in [-0.39, 0.29) is 0 Å². The van der Waals surface area contributed by atoms with E-state index in [0.717, 1.165) is 38.9 Å². The number of hydrogen-bond donors (Lipinski definition) is 0. The minimum absolute atomic E-state index is 0.628. The van der Waals surface area contributed by atoms with Crippen LogP contribution in [0.4, 0.5) is 0 Å².